The van der Waals surface area contributed by atoms with E-state index in [-0.39, 0.29) is 35.4 Å². The Morgan fingerprint density at radius 1 is 1.10 bits per heavy atom. The Balaban J connectivity index is 1.55. The van der Waals surface area contributed by atoms with Crippen LogP contribution >= 0.6 is 0 Å². The summed E-state index contributed by atoms with van der Waals surface area (Å²) in [5.74, 6) is -0.225. The van der Waals surface area contributed by atoms with E-state index in [0.717, 1.165) is 18.4 Å². The number of carbonyl (C=O) groups excluding carboxylic acids is 1. The van der Waals surface area contributed by atoms with Crippen molar-refractivity contribution in [1.82, 2.24) is 0 Å². The zero-order valence-corrected chi connectivity index (χ0v) is 23.5. The van der Waals surface area contributed by atoms with E-state index in [4.69, 9.17) is 19.1 Å². The van der Waals surface area contributed by atoms with Gasteiger partial charge in [0.25, 0.3) is 0 Å². The fraction of sp³-hybridized carbons (Fsp3) is 0.893. The van der Waals surface area contributed by atoms with Gasteiger partial charge in [-0.3, -0.25) is 10.1 Å². The van der Waals surface area contributed by atoms with E-state index in [0.29, 0.717) is 19.3 Å². The summed E-state index contributed by atoms with van der Waals surface area (Å²) >= 11 is 0. The molecule has 1 aliphatic heterocycles. The molecule has 0 bridgehead atoms. The molecule has 224 valence electrons. The topological polar surface area (TPSA) is 175 Å². The van der Waals surface area contributed by atoms with E-state index in [1.165, 1.54) is 6.92 Å². The Bertz CT molecular complexity index is 921. The Morgan fingerprint density at radius 3 is 2.41 bits per heavy atom. The third-order valence-corrected chi connectivity index (χ3v) is 10.6. The second kappa shape index (κ2) is 11.3. The molecule has 11 nitrogen and oxygen atoms in total. The maximum Gasteiger partial charge on any atom is 0.302 e. The highest BCUT2D eigenvalue weighted by Gasteiger charge is 2.61. The van der Waals surface area contributed by atoms with Gasteiger partial charge in [0.05, 0.1) is 18.8 Å². The van der Waals surface area contributed by atoms with Crippen LogP contribution in [0.3, 0.4) is 0 Å². The molecule has 39 heavy (non-hydrogen) atoms. The second-order valence-electron chi connectivity index (χ2n) is 13.1. The van der Waals surface area contributed by atoms with E-state index in [1.807, 2.05) is 6.92 Å². The SMILES string of the molecule is CC(=O)OCC(O)[C@@]1(C)CC[C@@H]2C(=CC[C@@H]3C(C)(C)[C@H](O[C@@H]4O[C@H](CO)[C@@H](O)[C@H](O)[C@H]4O)CC[C@@]23C)[C@H]1OO. The van der Waals surface area contributed by atoms with Gasteiger partial charge in [-0.25, -0.2) is 4.89 Å². The lowest BCUT2D eigenvalue weighted by atomic mass is 9.44. The first-order valence-corrected chi connectivity index (χ1v) is 14.0. The summed E-state index contributed by atoms with van der Waals surface area (Å²) in [5, 5.41) is 61.4. The van der Waals surface area contributed by atoms with E-state index in [2.05, 4.69) is 26.8 Å². The molecule has 0 radical (unpaired) electrons. The molecule has 1 heterocycles. The smallest absolute Gasteiger partial charge is 0.302 e. The van der Waals surface area contributed by atoms with Gasteiger partial charge in [0.15, 0.2) is 6.29 Å². The van der Waals surface area contributed by atoms with Gasteiger partial charge in [-0.2, -0.15) is 0 Å². The summed E-state index contributed by atoms with van der Waals surface area (Å²) in [6.07, 6.45) is -3.15. The van der Waals surface area contributed by atoms with Crippen LogP contribution in [0.25, 0.3) is 0 Å². The Hall–Kier alpha value is -1.15. The van der Waals surface area contributed by atoms with Gasteiger partial charge in [0, 0.05) is 12.3 Å². The van der Waals surface area contributed by atoms with Crippen molar-refractivity contribution in [2.45, 2.75) is 116 Å². The third kappa shape index (κ3) is 5.19. The van der Waals surface area contributed by atoms with Crippen LogP contribution in [-0.4, -0.2) is 99.0 Å². The van der Waals surface area contributed by atoms with Crippen LogP contribution in [0.2, 0.25) is 0 Å². The minimum Gasteiger partial charge on any atom is -0.463 e. The molecule has 12 atom stereocenters. The zero-order chi connectivity index (χ0) is 28.9. The molecule has 3 fully saturated rings. The molecule has 0 amide bonds. The first-order valence-electron chi connectivity index (χ1n) is 14.0. The number of fused-ring (bicyclic) bond motifs is 3. The largest absolute Gasteiger partial charge is 0.463 e. The van der Waals surface area contributed by atoms with Crippen molar-refractivity contribution in [1.29, 1.82) is 0 Å². The highest BCUT2D eigenvalue weighted by Crippen LogP contribution is 2.64. The Morgan fingerprint density at radius 2 is 1.79 bits per heavy atom. The molecule has 3 aliphatic carbocycles. The van der Waals surface area contributed by atoms with Crippen molar-refractivity contribution in [2.24, 2.45) is 28.1 Å². The minimum absolute atomic E-state index is 0.0925. The minimum atomic E-state index is -1.50. The highest BCUT2D eigenvalue weighted by atomic mass is 17.1. The van der Waals surface area contributed by atoms with Gasteiger partial charge in [-0.05, 0) is 60.3 Å². The van der Waals surface area contributed by atoms with Crippen LogP contribution in [0.15, 0.2) is 11.6 Å². The van der Waals surface area contributed by atoms with Crippen molar-refractivity contribution in [2.75, 3.05) is 13.2 Å². The van der Waals surface area contributed by atoms with Crippen LogP contribution in [0, 0.1) is 28.1 Å². The van der Waals surface area contributed by atoms with Crippen molar-refractivity contribution in [3.05, 3.63) is 11.6 Å². The van der Waals surface area contributed by atoms with Crippen LogP contribution in [0.4, 0.5) is 0 Å². The average molecular weight is 559 g/mol. The molecule has 1 unspecified atom stereocenters. The molecule has 1 saturated heterocycles. The molecule has 11 heteroatoms. The normalized spacial score (nSPS) is 46.4. The van der Waals surface area contributed by atoms with Gasteiger partial charge in [-0.1, -0.05) is 33.8 Å². The van der Waals surface area contributed by atoms with Crippen LogP contribution in [-0.2, 0) is 23.9 Å². The molecular formula is C28H46O11. The van der Waals surface area contributed by atoms with Crippen molar-refractivity contribution in [3.63, 3.8) is 0 Å². The summed E-state index contributed by atoms with van der Waals surface area (Å²) < 4.78 is 17.0. The number of hydrogen-bond acceptors (Lipinski definition) is 11. The van der Waals surface area contributed by atoms with Crippen molar-refractivity contribution >= 4 is 5.97 Å². The lowest BCUT2D eigenvalue weighted by Gasteiger charge is -2.62. The van der Waals surface area contributed by atoms with Crippen molar-refractivity contribution < 1.29 is 54.7 Å². The lowest BCUT2D eigenvalue weighted by Crippen LogP contribution is -2.62. The molecule has 2 saturated carbocycles. The van der Waals surface area contributed by atoms with Crippen LogP contribution < -0.4 is 0 Å². The summed E-state index contributed by atoms with van der Waals surface area (Å²) in [6, 6.07) is 0. The van der Waals surface area contributed by atoms with Crippen LogP contribution in [0.1, 0.15) is 66.7 Å². The molecule has 0 aromatic heterocycles. The lowest BCUT2D eigenvalue weighted by molar-refractivity contribution is -0.329. The standard InChI is InChI=1S/C28H46O11/c1-14(30)36-13-19(31)28(5)10-8-16-15(24(28)39-35)6-7-18-26(2,3)20(9-11-27(16,18)4)38-25-23(34)22(33)21(32)17(12-29)37-25/h6,16-25,29,31-35H,7-13H2,1-5H3/t16-,17-,18-,19?,20-,21-,22+,23-,24-,25+,27+,28-/m1/s1. The number of esters is 1. The van der Waals surface area contributed by atoms with E-state index >= 15 is 0 Å². The molecule has 0 aromatic rings. The van der Waals surface area contributed by atoms with Gasteiger partial charge in [-0.15, -0.1) is 0 Å². The van der Waals surface area contributed by atoms with E-state index in [9.17, 15) is 35.6 Å². The van der Waals surface area contributed by atoms with Gasteiger partial charge in [0.1, 0.15) is 37.1 Å². The predicted molar refractivity (Wildman–Crippen MR) is 137 cm³/mol. The van der Waals surface area contributed by atoms with Crippen molar-refractivity contribution in [3.8, 4) is 0 Å². The summed E-state index contributed by atoms with van der Waals surface area (Å²) in [6.45, 7) is 8.95. The number of hydrogen-bond donors (Lipinski definition) is 6. The predicted octanol–water partition coefficient (Wildman–Crippen LogP) is 1.14. The first-order chi connectivity index (χ1) is 18.2. The summed E-state index contributed by atoms with van der Waals surface area (Å²) in [7, 11) is 0. The fourth-order valence-corrected chi connectivity index (χ4v) is 8.08. The number of aliphatic hydroxyl groups is 5. The number of ether oxygens (including phenoxy) is 3. The average Bonchev–Trinajstić information content (AvgIpc) is 2.88. The molecule has 6 N–H and O–H groups in total. The molecular weight excluding hydrogens is 512 g/mol. The molecule has 0 spiro atoms. The summed E-state index contributed by atoms with van der Waals surface area (Å²) in [5.41, 5.74) is -0.425. The first kappa shape index (κ1) is 30.8. The fourth-order valence-electron chi connectivity index (χ4n) is 8.08. The van der Waals surface area contributed by atoms with Gasteiger partial charge < -0.3 is 39.7 Å². The zero-order valence-electron chi connectivity index (χ0n) is 23.5. The Labute approximate surface area is 229 Å². The maximum absolute atomic E-state index is 11.3. The van der Waals surface area contributed by atoms with E-state index in [1.54, 1.807) is 0 Å². The quantitative estimate of drug-likeness (QED) is 0.114. The monoisotopic (exact) mass is 558 g/mol. The number of rotatable bonds is 7. The van der Waals surface area contributed by atoms with Gasteiger partial charge >= 0.3 is 5.97 Å². The maximum atomic E-state index is 11.3. The van der Waals surface area contributed by atoms with Gasteiger partial charge in [0.2, 0.25) is 0 Å². The number of aliphatic hydroxyl groups excluding tert-OH is 5. The highest BCUT2D eigenvalue weighted by molar-refractivity contribution is 5.65. The Kier molecular flexibility index (Phi) is 8.89. The second-order valence-corrected chi connectivity index (χ2v) is 13.1. The van der Waals surface area contributed by atoms with E-state index < -0.39 is 60.9 Å². The number of carbonyl (C=O) groups is 1. The van der Waals surface area contributed by atoms with Crippen LogP contribution in [0.5, 0.6) is 0 Å². The molecule has 4 aliphatic rings. The molecule has 4 rings (SSSR count). The third-order valence-electron chi connectivity index (χ3n) is 10.6. The molecule has 0 aromatic carbocycles. The number of allylic oxidation sites excluding steroid dienone is 1. The summed E-state index contributed by atoms with van der Waals surface area (Å²) in [4.78, 5) is 16.4.